The second-order valence-corrected chi connectivity index (χ2v) is 5.29. The highest BCUT2D eigenvalue weighted by molar-refractivity contribution is 5.84. The third-order valence-corrected chi connectivity index (χ3v) is 3.48. The van der Waals surface area contributed by atoms with Crippen molar-refractivity contribution in [2.75, 3.05) is 13.1 Å². The van der Waals surface area contributed by atoms with Gasteiger partial charge in [0.2, 0.25) is 11.8 Å². The number of hydrogen-bond acceptors (Lipinski definition) is 2. The number of rotatable bonds is 9. The van der Waals surface area contributed by atoms with E-state index >= 15 is 0 Å². The normalized spacial score (nSPS) is 11.9. The van der Waals surface area contributed by atoms with Gasteiger partial charge in [0.25, 0.3) is 0 Å². The standard InChI is InChI=1S/C17H26N2O2/c1-3-12-19(13-4-2)17(21)15(10-11-16(18)20)14-8-6-5-7-9-14/h5-9,15H,3-4,10-13H2,1-2H3,(H2,18,20). The maximum atomic E-state index is 12.8. The van der Waals surface area contributed by atoms with Gasteiger partial charge in [0, 0.05) is 19.5 Å². The van der Waals surface area contributed by atoms with Gasteiger partial charge >= 0.3 is 0 Å². The van der Waals surface area contributed by atoms with Gasteiger partial charge in [-0.15, -0.1) is 0 Å². The fraction of sp³-hybridized carbons (Fsp3) is 0.529. The van der Waals surface area contributed by atoms with Crippen LogP contribution in [0.15, 0.2) is 30.3 Å². The Morgan fingerprint density at radius 2 is 1.67 bits per heavy atom. The number of amides is 2. The van der Waals surface area contributed by atoms with E-state index in [-0.39, 0.29) is 24.2 Å². The summed E-state index contributed by atoms with van der Waals surface area (Å²) in [4.78, 5) is 25.8. The molecule has 0 aliphatic carbocycles. The molecule has 1 aromatic rings. The maximum absolute atomic E-state index is 12.8. The second kappa shape index (κ2) is 9.16. The molecule has 0 aliphatic rings. The average molecular weight is 290 g/mol. The van der Waals surface area contributed by atoms with Crippen molar-refractivity contribution >= 4 is 11.8 Å². The number of nitrogens with zero attached hydrogens (tertiary/aromatic N) is 1. The van der Waals surface area contributed by atoms with Crippen molar-refractivity contribution in [3.63, 3.8) is 0 Å². The molecule has 1 atom stereocenters. The Morgan fingerprint density at radius 3 is 2.14 bits per heavy atom. The summed E-state index contributed by atoms with van der Waals surface area (Å²) in [6.07, 6.45) is 2.58. The Balaban J connectivity index is 2.93. The number of hydrogen-bond donors (Lipinski definition) is 1. The van der Waals surface area contributed by atoms with Gasteiger partial charge in [0.1, 0.15) is 0 Å². The molecular weight excluding hydrogens is 264 g/mol. The molecule has 0 aromatic heterocycles. The van der Waals surface area contributed by atoms with Crippen LogP contribution < -0.4 is 5.73 Å². The van der Waals surface area contributed by atoms with E-state index in [2.05, 4.69) is 13.8 Å². The van der Waals surface area contributed by atoms with Gasteiger partial charge in [-0.3, -0.25) is 9.59 Å². The molecule has 1 rings (SSSR count). The summed E-state index contributed by atoms with van der Waals surface area (Å²) in [6.45, 7) is 5.65. The van der Waals surface area contributed by atoms with E-state index in [0.717, 1.165) is 31.5 Å². The van der Waals surface area contributed by atoms with Crippen LogP contribution in [0.1, 0.15) is 51.0 Å². The van der Waals surface area contributed by atoms with Crippen molar-refractivity contribution in [1.29, 1.82) is 0 Å². The lowest BCUT2D eigenvalue weighted by Gasteiger charge is -2.27. The molecule has 1 unspecified atom stereocenters. The Labute approximate surface area is 127 Å². The predicted octanol–water partition coefficient (Wildman–Crippen LogP) is 2.68. The van der Waals surface area contributed by atoms with Crippen molar-refractivity contribution in [2.45, 2.75) is 45.4 Å². The van der Waals surface area contributed by atoms with Crippen LogP contribution in [-0.2, 0) is 9.59 Å². The molecule has 2 N–H and O–H groups in total. The molecule has 2 amide bonds. The maximum Gasteiger partial charge on any atom is 0.230 e. The SMILES string of the molecule is CCCN(CCC)C(=O)C(CCC(N)=O)c1ccccc1. The highest BCUT2D eigenvalue weighted by atomic mass is 16.2. The fourth-order valence-electron chi connectivity index (χ4n) is 2.50. The Hall–Kier alpha value is -1.84. The fourth-order valence-corrected chi connectivity index (χ4v) is 2.50. The lowest BCUT2D eigenvalue weighted by molar-refractivity contribution is -0.133. The van der Waals surface area contributed by atoms with Gasteiger partial charge in [-0.05, 0) is 24.8 Å². The van der Waals surface area contributed by atoms with Crippen molar-refractivity contribution in [2.24, 2.45) is 5.73 Å². The summed E-state index contributed by atoms with van der Waals surface area (Å²) in [5, 5.41) is 0. The minimum atomic E-state index is -0.360. The number of benzene rings is 1. The summed E-state index contributed by atoms with van der Waals surface area (Å²) in [5.74, 6) is -0.538. The first-order chi connectivity index (χ1) is 10.1. The van der Waals surface area contributed by atoms with Crippen LogP contribution in [0.5, 0.6) is 0 Å². The Morgan fingerprint density at radius 1 is 1.10 bits per heavy atom. The minimum absolute atomic E-state index is 0.103. The summed E-state index contributed by atoms with van der Waals surface area (Å²) in [6, 6.07) is 9.65. The number of primary amides is 1. The summed E-state index contributed by atoms with van der Waals surface area (Å²) in [7, 11) is 0. The summed E-state index contributed by atoms with van der Waals surface area (Å²) < 4.78 is 0. The van der Waals surface area contributed by atoms with E-state index in [1.54, 1.807) is 0 Å². The zero-order valence-electron chi connectivity index (χ0n) is 13.0. The predicted molar refractivity (Wildman–Crippen MR) is 84.8 cm³/mol. The number of carbonyl (C=O) groups is 2. The van der Waals surface area contributed by atoms with Crippen LogP contribution in [0.4, 0.5) is 0 Å². The van der Waals surface area contributed by atoms with E-state index in [0.29, 0.717) is 6.42 Å². The molecule has 4 nitrogen and oxygen atoms in total. The van der Waals surface area contributed by atoms with Crippen molar-refractivity contribution in [3.05, 3.63) is 35.9 Å². The zero-order valence-corrected chi connectivity index (χ0v) is 13.0. The topological polar surface area (TPSA) is 63.4 Å². The van der Waals surface area contributed by atoms with E-state index in [1.807, 2.05) is 35.2 Å². The van der Waals surface area contributed by atoms with E-state index in [9.17, 15) is 9.59 Å². The van der Waals surface area contributed by atoms with Gasteiger partial charge < -0.3 is 10.6 Å². The smallest absolute Gasteiger partial charge is 0.230 e. The van der Waals surface area contributed by atoms with E-state index in [4.69, 9.17) is 5.73 Å². The monoisotopic (exact) mass is 290 g/mol. The molecule has 0 bridgehead atoms. The quantitative estimate of drug-likeness (QED) is 0.760. The molecule has 1 aromatic carbocycles. The van der Waals surface area contributed by atoms with Crippen LogP contribution in [-0.4, -0.2) is 29.8 Å². The molecule has 0 saturated carbocycles. The lowest BCUT2D eigenvalue weighted by atomic mass is 9.92. The zero-order chi connectivity index (χ0) is 15.7. The Bertz CT molecular complexity index is 439. The molecule has 0 fully saturated rings. The van der Waals surface area contributed by atoms with Crippen LogP contribution in [0, 0.1) is 0 Å². The molecular formula is C17H26N2O2. The number of carbonyl (C=O) groups excluding carboxylic acids is 2. The molecule has 0 aliphatic heterocycles. The van der Waals surface area contributed by atoms with Crippen molar-refractivity contribution < 1.29 is 9.59 Å². The third kappa shape index (κ3) is 5.58. The summed E-state index contributed by atoms with van der Waals surface area (Å²) in [5.41, 5.74) is 6.21. The van der Waals surface area contributed by atoms with E-state index < -0.39 is 0 Å². The van der Waals surface area contributed by atoms with Crippen LogP contribution in [0.2, 0.25) is 0 Å². The minimum Gasteiger partial charge on any atom is -0.370 e. The second-order valence-electron chi connectivity index (χ2n) is 5.29. The molecule has 0 heterocycles. The van der Waals surface area contributed by atoms with Gasteiger partial charge in [-0.1, -0.05) is 44.2 Å². The molecule has 0 radical (unpaired) electrons. The highest BCUT2D eigenvalue weighted by Gasteiger charge is 2.25. The van der Waals surface area contributed by atoms with Crippen LogP contribution in [0.25, 0.3) is 0 Å². The first-order valence-corrected chi connectivity index (χ1v) is 7.72. The van der Waals surface area contributed by atoms with Crippen molar-refractivity contribution in [3.8, 4) is 0 Å². The van der Waals surface area contributed by atoms with Crippen LogP contribution in [0.3, 0.4) is 0 Å². The number of nitrogens with two attached hydrogens (primary N) is 1. The molecule has 21 heavy (non-hydrogen) atoms. The largest absolute Gasteiger partial charge is 0.370 e. The highest BCUT2D eigenvalue weighted by Crippen LogP contribution is 2.24. The summed E-state index contributed by atoms with van der Waals surface area (Å²) >= 11 is 0. The lowest BCUT2D eigenvalue weighted by Crippen LogP contribution is -2.36. The van der Waals surface area contributed by atoms with Gasteiger partial charge in [-0.2, -0.15) is 0 Å². The van der Waals surface area contributed by atoms with Gasteiger partial charge in [0.15, 0.2) is 0 Å². The molecule has 116 valence electrons. The van der Waals surface area contributed by atoms with E-state index in [1.165, 1.54) is 0 Å². The van der Waals surface area contributed by atoms with Gasteiger partial charge in [-0.25, -0.2) is 0 Å². The molecule has 0 saturated heterocycles. The Kier molecular flexibility index (Phi) is 7.51. The first-order valence-electron chi connectivity index (χ1n) is 7.72. The third-order valence-electron chi connectivity index (χ3n) is 3.48. The van der Waals surface area contributed by atoms with Crippen molar-refractivity contribution in [1.82, 2.24) is 4.90 Å². The van der Waals surface area contributed by atoms with Gasteiger partial charge in [0.05, 0.1) is 5.92 Å². The first kappa shape index (κ1) is 17.2. The average Bonchev–Trinajstić information content (AvgIpc) is 2.48. The molecule has 0 spiro atoms. The molecule has 4 heteroatoms. The van der Waals surface area contributed by atoms with Crippen LogP contribution >= 0.6 is 0 Å².